The molecule has 0 spiro atoms. The van der Waals surface area contributed by atoms with Gasteiger partial charge < -0.3 is 9.47 Å². The smallest absolute Gasteiger partial charge is 0.213 e. The molecule has 6 nitrogen and oxygen atoms in total. The Morgan fingerprint density at radius 1 is 1.15 bits per heavy atom. The van der Waals surface area contributed by atoms with E-state index in [1.807, 2.05) is 42.5 Å². The van der Waals surface area contributed by atoms with Gasteiger partial charge in [0, 0.05) is 18.0 Å². The van der Waals surface area contributed by atoms with Crippen LogP contribution in [0.1, 0.15) is 22.8 Å². The molecule has 0 aliphatic carbocycles. The Morgan fingerprint density at radius 2 is 1.93 bits per heavy atom. The van der Waals surface area contributed by atoms with Gasteiger partial charge in [0.2, 0.25) is 10.0 Å². The van der Waals surface area contributed by atoms with E-state index in [1.165, 1.54) is 0 Å². The molecule has 1 aliphatic rings. The van der Waals surface area contributed by atoms with Gasteiger partial charge in [0.1, 0.15) is 17.6 Å². The molecule has 2 aromatic carbocycles. The summed E-state index contributed by atoms with van der Waals surface area (Å²) in [6.07, 6.45) is 3.02. The van der Waals surface area contributed by atoms with Gasteiger partial charge >= 0.3 is 0 Å². The van der Waals surface area contributed by atoms with Crippen molar-refractivity contribution < 1.29 is 17.9 Å². The maximum absolute atomic E-state index is 11.5. The van der Waals surface area contributed by atoms with E-state index in [-0.39, 0.29) is 11.9 Å². The van der Waals surface area contributed by atoms with Crippen molar-refractivity contribution in [2.45, 2.75) is 11.9 Å². The molecule has 0 saturated carbocycles. The zero-order valence-corrected chi connectivity index (χ0v) is 15.4. The lowest BCUT2D eigenvalue weighted by molar-refractivity contribution is 0.242. The molecule has 3 aromatic rings. The van der Waals surface area contributed by atoms with Gasteiger partial charge in [0.05, 0.1) is 18.4 Å². The van der Waals surface area contributed by atoms with E-state index in [2.05, 4.69) is 4.98 Å². The molecule has 27 heavy (non-hydrogen) atoms. The minimum absolute atomic E-state index is 0.234. The average Bonchev–Trinajstić information content (AvgIpc) is 2.66. The van der Waals surface area contributed by atoms with Gasteiger partial charge in [-0.05, 0) is 41.0 Å². The van der Waals surface area contributed by atoms with E-state index in [0.29, 0.717) is 17.1 Å². The second kappa shape index (κ2) is 6.68. The Hall–Kier alpha value is -2.90. The fourth-order valence-electron chi connectivity index (χ4n) is 3.40. The Morgan fingerprint density at radius 3 is 2.63 bits per heavy atom. The van der Waals surface area contributed by atoms with E-state index >= 15 is 0 Å². The lowest BCUT2D eigenvalue weighted by atomic mass is 9.88. The van der Waals surface area contributed by atoms with Crippen molar-refractivity contribution in [1.82, 2.24) is 4.98 Å². The van der Waals surface area contributed by atoms with Gasteiger partial charge in [0.15, 0.2) is 0 Å². The second-order valence-electron chi connectivity index (χ2n) is 6.34. The van der Waals surface area contributed by atoms with Crippen LogP contribution >= 0.6 is 0 Å². The number of ether oxygens (including phenoxy) is 2. The first kappa shape index (κ1) is 17.5. The number of methoxy groups -OCH3 is 1. The van der Waals surface area contributed by atoms with Crippen LogP contribution in [0, 0.1) is 0 Å². The molecule has 138 valence electrons. The molecule has 0 radical (unpaired) electrons. The zero-order chi connectivity index (χ0) is 19.0. The maximum atomic E-state index is 11.5. The summed E-state index contributed by atoms with van der Waals surface area (Å²) in [5.41, 5.74) is 4.18. The number of fused-ring (bicyclic) bond motifs is 3. The van der Waals surface area contributed by atoms with Gasteiger partial charge in [-0.1, -0.05) is 24.3 Å². The van der Waals surface area contributed by atoms with Crippen LogP contribution in [-0.2, 0) is 15.8 Å². The summed E-state index contributed by atoms with van der Waals surface area (Å²) >= 11 is 0. The lowest BCUT2D eigenvalue weighted by Gasteiger charge is -2.30. The minimum Gasteiger partial charge on any atom is -0.496 e. The molecule has 1 aromatic heterocycles. The largest absolute Gasteiger partial charge is 0.496 e. The van der Waals surface area contributed by atoms with E-state index in [9.17, 15) is 8.42 Å². The molecular weight excluding hydrogens is 364 g/mol. The maximum Gasteiger partial charge on any atom is 0.213 e. The number of rotatable bonds is 4. The van der Waals surface area contributed by atoms with Gasteiger partial charge in [-0.3, -0.25) is 4.98 Å². The predicted molar refractivity (Wildman–Crippen MR) is 102 cm³/mol. The fourth-order valence-corrected chi connectivity index (χ4v) is 4.04. The number of nitrogens with two attached hydrogens (primary N) is 1. The number of aromatic nitrogens is 1. The minimum atomic E-state index is -3.63. The van der Waals surface area contributed by atoms with Gasteiger partial charge in [-0.25, -0.2) is 13.6 Å². The molecule has 4 rings (SSSR count). The van der Waals surface area contributed by atoms with Crippen LogP contribution in [0.4, 0.5) is 0 Å². The number of hydrogen-bond acceptors (Lipinski definition) is 5. The van der Waals surface area contributed by atoms with Crippen LogP contribution in [0.3, 0.4) is 0 Å². The van der Waals surface area contributed by atoms with Crippen LogP contribution in [0.15, 0.2) is 60.9 Å². The van der Waals surface area contributed by atoms with Crippen LogP contribution < -0.4 is 14.6 Å². The van der Waals surface area contributed by atoms with Gasteiger partial charge in [-0.15, -0.1) is 0 Å². The van der Waals surface area contributed by atoms with Crippen molar-refractivity contribution >= 4 is 10.0 Å². The Labute approximate surface area is 157 Å². The van der Waals surface area contributed by atoms with Crippen molar-refractivity contribution in [3.05, 3.63) is 77.6 Å². The molecule has 7 heteroatoms. The molecular formula is C20H18N2O4S. The van der Waals surface area contributed by atoms with Crippen LogP contribution in [0.2, 0.25) is 0 Å². The summed E-state index contributed by atoms with van der Waals surface area (Å²) in [5, 5.41) is 5.22. The third-order valence-corrected chi connectivity index (χ3v) is 5.23. The topological polar surface area (TPSA) is 91.5 Å². The molecule has 0 amide bonds. The average molecular weight is 382 g/mol. The number of benzene rings is 2. The molecule has 1 aliphatic heterocycles. The molecule has 0 fully saturated rings. The van der Waals surface area contributed by atoms with Crippen LogP contribution in [0.25, 0.3) is 11.1 Å². The first-order valence-electron chi connectivity index (χ1n) is 8.33. The van der Waals surface area contributed by atoms with Crippen molar-refractivity contribution in [2.75, 3.05) is 7.11 Å². The number of primary sulfonamides is 1. The van der Waals surface area contributed by atoms with E-state index in [0.717, 1.165) is 22.3 Å². The van der Waals surface area contributed by atoms with Crippen LogP contribution in [-0.4, -0.2) is 20.5 Å². The third kappa shape index (κ3) is 3.39. The fraction of sp³-hybridized carbons (Fsp3) is 0.150. The quantitative estimate of drug-likeness (QED) is 0.749. The van der Waals surface area contributed by atoms with Crippen molar-refractivity contribution in [2.24, 2.45) is 5.14 Å². The predicted octanol–water partition coefficient (Wildman–Crippen LogP) is 3.03. The van der Waals surface area contributed by atoms with Crippen molar-refractivity contribution in [1.29, 1.82) is 0 Å². The number of hydrogen-bond donors (Lipinski definition) is 1. The molecule has 1 atom stereocenters. The highest BCUT2D eigenvalue weighted by Crippen LogP contribution is 2.48. The molecule has 2 heterocycles. The SMILES string of the molecule is COc1cccc2c1-c1ccc(CS(N)(=O)=O)cc1C(c1ccncc1)O2. The van der Waals surface area contributed by atoms with E-state index in [4.69, 9.17) is 14.6 Å². The van der Waals surface area contributed by atoms with Crippen molar-refractivity contribution in [3.8, 4) is 22.6 Å². The number of nitrogens with zero attached hydrogens (tertiary/aromatic N) is 1. The lowest BCUT2D eigenvalue weighted by Crippen LogP contribution is -2.18. The van der Waals surface area contributed by atoms with Gasteiger partial charge in [0.25, 0.3) is 0 Å². The van der Waals surface area contributed by atoms with Gasteiger partial charge in [-0.2, -0.15) is 0 Å². The van der Waals surface area contributed by atoms with Crippen LogP contribution in [0.5, 0.6) is 11.5 Å². The summed E-state index contributed by atoms with van der Waals surface area (Å²) in [6, 6.07) is 14.9. The van der Waals surface area contributed by atoms with E-state index < -0.39 is 10.0 Å². The number of pyridine rings is 1. The van der Waals surface area contributed by atoms with E-state index in [1.54, 1.807) is 25.6 Å². The highest BCUT2D eigenvalue weighted by molar-refractivity contribution is 7.88. The number of sulfonamides is 1. The molecule has 0 bridgehead atoms. The Bertz CT molecular complexity index is 1100. The summed E-state index contributed by atoms with van der Waals surface area (Å²) in [7, 11) is -2.02. The summed E-state index contributed by atoms with van der Waals surface area (Å²) in [6.45, 7) is 0. The summed E-state index contributed by atoms with van der Waals surface area (Å²) in [5.74, 6) is 1.17. The first-order chi connectivity index (χ1) is 13.0. The summed E-state index contributed by atoms with van der Waals surface area (Å²) in [4.78, 5) is 4.06. The normalized spacial score (nSPS) is 15.4. The standard InChI is InChI=1S/C20H18N2O4S/c1-25-17-3-2-4-18-19(17)15-6-5-13(12-27(21,23)24)11-16(15)20(26-18)14-7-9-22-10-8-14/h2-11,20H,12H2,1H3,(H2,21,23,24). The second-order valence-corrected chi connectivity index (χ2v) is 7.96. The Balaban J connectivity index is 1.93. The highest BCUT2D eigenvalue weighted by atomic mass is 32.2. The Kier molecular flexibility index (Phi) is 4.33. The monoisotopic (exact) mass is 382 g/mol. The molecule has 1 unspecified atom stereocenters. The molecule has 0 saturated heterocycles. The third-order valence-electron chi connectivity index (χ3n) is 4.50. The molecule has 2 N–H and O–H groups in total. The highest BCUT2D eigenvalue weighted by Gasteiger charge is 2.30. The first-order valence-corrected chi connectivity index (χ1v) is 10.0. The zero-order valence-electron chi connectivity index (χ0n) is 14.6. The summed E-state index contributed by atoms with van der Waals surface area (Å²) < 4.78 is 34.9. The van der Waals surface area contributed by atoms with Crippen molar-refractivity contribution in [3.63, 3.8) is 0 Å².